The average Bonchev–Trinajstić information content (AvgIpc) is 3.36. The minimum absolute atomic E-state index is 0.147. The molecule has 0 radical (unpaired) electrons. The average molecular weight is 484 g/mol. The summed E-state index contributed by atoms with van der Waals surface area (Å²) < 4.78 is 25.2. The lowest BCUT2D eigenvalue weighted by Crippen LogP contribution is -2.16. The standard InChI is InChI=1S/C26H30FN3O5/c1-14(2)10-18-13-20(29-28-18)26-24(16-5-6-16)25(30-35-26)17(7-9-22(31)32)12-23(33)34-21-8-4-15(3)11-19(21)27/h4,8,11,13-14,16-17H,5-7,9-10,12H2,1-3H3,(H,28,29)(H,31,32)/t17-/m0/s1. The summed E-state index contributed by atoms with van der Waals surface area (Å²) in [6.45, 7) is 5.98. The van der Waals surface area contributed by atoms with E-state index in [0.717, 1.165) is 30.5 Å². The summed E-state index contributed by atoms with van der Waals surface area (Å²) in [5.41, 5.74) is 3.76. The number of rotatable bonds is 11. The normalized spacial score (nSPS) is 14.3. The number of aliphatic carboxylic acids is 1. The molecule has 0 bridgehead atoms. The second kappa shape index (κ2) is 10.4. The van der Waals surface area contributed by atoms with Gasteiger partial charge in [-0.05, 0) is 68.2 Å². The number of H-pyrrole nitrogens is 1. The van der Waals surface area contributed by atoms with Crippen molar-refractivity contribution in [3.63, 3.8) is 0 Å². The molecule has 2 heterocycles. The first-order chi connectivity index (χ1) is 16.7. The van der Waals surface area contributed by atoms with E-state index in [1.165, 1.54) is 12.1 Å². The number of esters is 1. The van der Waals surface area contributed by atoms with Gasteiger partial charge in [0.1, 0.15) is 5.69 Å². The molecule has 0 saturated heterocycles. The Hall–Kier alpha value is -3.49. The minimum Gasteiger partial charge on any atom is -0.481 e. The van der Waals surface area contributed by atoms with Gasteiger partial charge in [0.05, 0.1) is 12.1 Å². The van der Waals surface area contributed by atoms with Crippen LogP contribution in [0, 0.1) is 18.7 Å². The molecule has 1 aliphatic carbocycles. The van der Waals surface area contributed by atoms with Crippen LogP contribution in [0.15, 0.2) is 28.8 Å². The van der Waals surface area contributed by atoms with Crippen molar-refractivity contribution in [1.29, 1.82) is 0 Å². The predicted molar refractivity (Wildman–Crippen MR) is 126 cm³/mol. The highest BCUT2D eigenvalue weighted by Gasteiger charge is 2.37. The Morgan fingerprint density at radius 1 is 1.29 bits per heavy atom. The van der Waals surface area contributed by atoms with E-state index in [4.69, 9.17) is 9.26 Å². The fourth-order valence-corrected chi connectivity index (χ4v) is 4.26. The van der Waals surface area contributed by atoms with Gasteiger partial charge in [0.2, 0.25) is 0 Å². The van der Waals surface area contributed by atoms with Crippen LogP contribution in [0.25, 0.3) is 11.5 Å². The summed E-state index contributed by atoms with van der Waals surface area (Å²) in [5.74, 6) is -1.74. The number of hydrogen-bond acceptors (Lipinski definition) is 6. The molecule has 9 heteroatoms. The number of carboxylic acids is 1. The van der Waals surface area contributed by atoms with Crippen molar-refractivity contribution in [2.45, 2.75) is 71.1 Å². The summed E-state index contributed by atoms with van der Waals surface area (Å²) >= 11 is 0. The van der Waals surface area contributed by atoms with Crippen molar-refractivity contribution in [3.05, 3.63) is 52.6 Å². The van der Waals surface area contributed by atoms with Crippen LogP contribution in [-0.4, -0.2) is 32.4 Å². The van der Waals surface area contributed by atoms with Crippen molar-refractivity contribution in [2.24, 2.45) is 5.92 Å². The highest BCUT2D eigenvalue weighted by Crippen LogP contribution is 2.48. The lowest BCUT2D eigenvalue weighted by molar-refractivity contribution is -0.138. The summed E-state index contributed by atoms with van der Waals surface area (Å²) in [5, 5.41) is 21.0. The molecule has 186 valence electrons. The Bertz CT molecular complexity index is 1210. The first-order valence-electron chi connectivity index (χ1n) is 11.9. The zero-order valence-electron chi connectivity index (χ0n) is 20.1. The Balaban J connectivity index is 1.60. The maximum absolute atomic E-state index is 14.2. The lowest BCUT2D eigenvalue weighted by atomic mass is 9.90. The zero-order chi connectivity index (χ0) is 25.1. The van der Waals surface area contributed by atoms with Gasteiger partial charge in [0.25, 0.3) is 0 Å². The van der Waals surface area contributed by atoms with Gasteiger partial charge in [-0.2, -0.15) is 5.10 Å². The number of carbonyl (C=O) groups excluding carboxylic acids is 1. The van der Waals surface area contributed by atoms with Gasteiger partial charge in [-0.1, -0.05) is 25.1 Å². The van der Waals surface area contributed by atoms with E-state index < -0.39 is 23.7 Å². The Kier molecular flexibility index (Phi) is 7.33. The molecular weight excluding hydrogens is 453 g/mol. The lowest BCUT2D eigenvalue weighted by Gasteiger charge is -2.15. The fourth-order valence-electron chi connectivity index (χ4n) is 4.26. The van der Waals surface area contributed by atoms with Crippen LogP contribution >= 0.6 is 0 Å². The van der Waals surface area contributed by atoms with Gasteiger partial charge in [0.15, 0.2) is 17.3 Å². The number of hydrogen-bond donors (Lipinski definition) is 2. The number of aryl methyl sites for hydroxylation is 1. The molecule has 4 rings (SSSR count). The quantitative estimate of drug-likeness (QED) is 0.272. The molecule has 1 saturated carbocycles. The summed E-state index contributed by atoms with van der Waals surface area (Å²) in [6.07, 6.45) is 2.63. The third kappa shape index (κ3) is 6.15. The molecule has 0 spiro atoms. The number of halogens is 1. The number of carboxylic acid groups (broad SMARTS) is 1. The van der Waals surface area contributed by atoms with E-state index in [2.05, 4.69) is 29.2 Å². The maximum Gasteiger partial charge on any atom is 0.311 e. The monoisotopic (exact) mass is 483 g/mol. The number of nitrogens with zero attached hydrogens (tertiary/aromatic N) is 2. The first kappa shape index (κ1) is 24.6. The van der Waals surface area contributed by atoms with Crippen LogP contribution in [0.4, 0.5) is 4.39 Å². The second-order valence-electron chi connectivity index (χ2n) is 9.70. The van der Waals surface area contributed by atoms with Crippen LogP contribution in [0.2, 0.25) is 0 Å². The first-order valence-corrected chi connectivity index (χ1v) is 11.9. The van der Waals surface area contributed by atoms with E-state index in [1.54, 1.807) is 13.0 Å². The smallest absolute Gasteiger partial charge is 0.311 e. The Morgan fingerprint density at radius 2 is 2.06 bits per heavy atom. The molecular formula is C26H30FN3O5. The molecule has 3 aromatic rings. The van der Waals surface area contributed by atoms with Gasteiger partial charge in [0, 0.05) is 23.6 Å². The van der Waals surface area contributed by atoms with E-state index in [-0.39, 0.29) is 30.9 Å². The Morgan fingerprint density at radius 3 is 2.71 bits per heavy atom. The van der Waals surface area contributed by atoms with E-state index >= 15 is 0 Å². The van der Waals surface area contributed by atoms with Crippen LogP contribution in [-0.2, 0) is 16.0 Å². The van der Waals surface area contributed by atoms with E-state index in [9.17, 15) is 19.1 Å². The molecule has 1 aromatic carbocycles. The molecule has 1 fully saturated rings. The molecule has 2 N–H and O–H groups in total. The molecule has 35 heavy (non-hydrogen) atoms. The molecule has 0 unspecified atom stereocenters. The number of aromatic nitrogens is 3. The predicted octanol–water partition coefficient (Wildman–Crippen LogP) is 5.53. The van der Waals surface area contributed by atoms with Crippen molar-refractivity contribution in [3.8, 4) is 17.2 Å². The van der Waals surface area contributed by atoms with Gasteiger partial charge in [-0.25, -0.2) is 4.39 Å². The zero-order valence-corrected chi connectivity index (χ0v) is 20.1. The van der Waals surface area contributed by atoms with E-state index in [1.807, 2.05) is 6.07 Å². The Labute approximate surface area is 202 Å². The van der Waals surface area contributed by atoms with Crippen LogP contribution < -0.4 is 4.74 Å². The number of aromatic amines is 1. The highest BCUT2D eigenvalue weighted by molar-refractivity contribution is 5.74. The van der Waals surface area contributed by atoms with Crippen LogP contribution in [0.5, 0.6) is 5.75 Å². The number of benzene rings is 1. The van der Waals surface area contributed by atoms with Crippen molar-refractivity contribution in [2.75, 3.05) is 0 Å². The number of carbonyl (C=O) groups is 2. The number of nitrogens with one attached hydrogen (secondary N) is 1. The molecule has 1 aliphatic rings. The van der Waals surface area contributed by atoms with Crippen molar-refractivity contribution < 1.29 is 28.3 Å². The largest absolute Gasteiger partial charge is 0.481 e. The minimum atomic E-state index is -0.977. The van der Waals surface area contributed by atoms with Gasteiger partial charge in [-0.15, -0.1) is 0 Å². The van der Waals surface area contributed by atoms with Gasteiger partial charge in [-0.3, -0.25) is 14.7 Å². The topological polar surface area (TPSA) is 118 Å². The highest BCUT2D eigenvalue weighted by atomic mass is 19.1. The second-order valence-corrected chi connectivity index (χ2v) is 9.70. The molecule has 0 amide bonds. The van der Waals surface area contributed by atoms with Crippen molar-refractivity contribution in [1.82, 2.24) is 15.4 Å². The van der Waals surface area contributed by atoms with E-state index in [0.29, 0.717) is 28.6 Å². The summed E-state index contributed by atoms with van der Waals surface area (Å²) in [4.78, 5) is 24.1. The maximum atomic E-state index is 14.2. The molecule has 2 aromatic heterocycles. The molecule has 1 atom stereocenters. The number of ether oxygens (including phenoxy) is 1. The fraction of sp³-hybridized carbons (Fsp3) is 0.462. The molecule has 0 aliphatic heterocycles. The third-order valence-electron chi connectivity index (χ3n) is 6.05. The molecule has 8 nitrogen and oxygen atoms in total. The van der Waals surface area contributed by atoms with Crippen LogP contribution in [0.1, 0.15) is 80.3 Å². The third-order valence-corrected chi connectivity index (χ3v) is 6.05. The summed E-state index contributed by atoms with van der Waals surface area (Å²) in [6, 6.07) is 6.29. The van der Waals surface area contributed by atoms with Crippen LogP contribution in [0.3, 0.4) is 0 Å². The SMILES string of the molecule is Cc1ccc(OC(=O)C[C@H](CCC(=O)O)c2noc(-c3cc(CC(C)C)[nH]n3)c2C2CC2)c(F)c1. The van der Waals surface area contributed by atoms with Crippen molar-refractivity contribution >= 4 is 11.9 Å². The van der Waals surface area contributed by atoms with Gasteiger partial charge >= 0.3 is 11.9 Å². The van der Waals surface area contributed by atoms with Gasteiger partial charge < -0.3 is 14.4 Å². The summed E-state index contributed by atoms with van der Waals surface area (Å²) in [7, 11) is 0.